The Morgan fingerprint density at radius 2 is 1.74 bits per heavy atom. The summed E-state index contributed by atoms with van der Waals surface area (Å²) in [5.41, 5.74) is 2.06. The van der Waals surface area contributed by atoms with Gasteiger partial charge in [0.1, 0.15) is 0 Å². The normalized spacial score (nSPS) is 11.6. The first-order chi connectivity index (χ1) is 16.2. The van der Waals surface area contributed by atoms with Gasteiger partial charge in [-0.3, -0.25) is 19.5 Å². The van der Waals surface area contributed by atoms with Crippen molar-refractivity contribution in [2.24, 2.45) is 5.92 Å². The molecule has 0 spiro atoms. The second kappa shape index (κ2) is 9.09. The van der Waals surface area contributed by atoms with Crippen molar-refractivity contribution < 1.29 is 4.92 Å². The second-order valence-corrected chi connectivity index (χ2v) is 9.15. The Kier molecular flexibility index (Phi) is 6.19. The van der Waals surface area contributed by atoms with E-state index in [4.69, 9.17) is 0 Å². The largest absolute Gasteiger partial charge is 0.337 e. The van der Waals surface area contributed by atoms with Crippen molar-refractivity contribution in [3.63, 3.8) is 0 Å². The van der Waals surface area contributed by atoms with Crippen LogP contribution in [0.25, 0.3) is 16.9 Å². The zero-order valence-corrected chi connectivity index (χ0v) is 19.6. The van der Waals surface area contributed by atoms with Gasteiger partial charge in [-0.15, -0.1) is 0 Å². The zero-order valence-electron chi connectivity index (χ0n) is 19.6. The summed E-state index contributed by atoms with van der Waals surface area (Å²) >= 11 is 0. The molecule has 0 aliphatic carbocycles. The van der Waals surface area contributed by atoms with Crippen molar-refractivity contribution in [1.82, 2.24) is 18.7 Å². The van der Waals surface area contributed by atoms with Crippen molar-refractivity contribution in [2.45, 2.75) is 46.7 Å². The summed E-state index contributed by atoms with van der Waals surface area (Å²) in [5.74, 6) is 0.419. The second-order valence-electron chi connectivity index (χ2n) is 9.15. The molecule has 2 aromatic carbocycles. The highest BCUT2D eigenvalue weighted by Gasteiger charge is 2.20. The van der Waals surface area contributed by atoms with Gasteiger partial charge in [0.15, 0.2) is 11.2 Å². The smallest absolute Gasteiger partial charge is 0.320 e. The van der Waals surface area contributed by atoms with Gasteiger partial charge in [-0.2, -0.15) is 0 Å². The Morgan fingerprint density at radius 1 is 1.03 bits per heavy atom. The standard InChI is InChI=1S/C25H27N5O4/c1-16(2)13-28-24(31)22-23(29(25(28)32)20-10-8-19(9-11-20)17(3)4)26-15-27(22)14-18-6-5-7-21(12-18)30(33)34/h5-12,15-17H,13-14H2,1-4H3. The van der Waals surface area contributed by atoms with E-state index < -0.39 is 16.2 Å². The molecule has 4 aromatic rings. The number of imidazole rings is 1. The van der Waals surface area contributed by atoms with Crippen LogP contribution in [0.15, 0.2) is 64.4 Å². The molecule has 0 amide bonds. The predicted molar refractivity (Wildman–Crippen MR) is 131 cm³/mol. The van der Waals surface area contributed by atoms with Crippen molar-refractivity contribution in [1.29, 1.82) is 0 Å². The maximum atomic E-state index is 13.4. The molecule has 0 aliphatic rings. The molecule has 0 fully saturated rings. The number of nitro benzene ring substituents is 1. The molecule has 176 valence electrons. The van der Waals surface area contributed by atoms with Gasteiger partial charge in [-0.1, -0.05) is 52.0 Å². The first kappa shape index (κ1) is 23.2. The van der Waals surface area contributed by atoms with Crippen LogP contribution >= 0.6 is 0 Å². The number of hydrogen-bond donors (Lipinski definition) is 0. The van der Waals surface area contributed by atoms with E-state index in [0.29, 0.717) is 17.2 Å². The highest BCUT2D eigenvalue weighted by Crippen LogP contribution is 2.20. The Balaban J connectivity index is 1.93. The van der Waals surface area contributed by atoms with E-state index >= 15 is 0 Å². The maximum Gasteiger partial charge on any atom is 0.337 e. The average molecular weight is 462 g/mol. The van der Waals surface area contributed by atoms with E-state index in [2.05, 4.69) is 18.8 Å². The van der Waals surface area contributed by atoms with E-state index in [0.717, 1.165) is 5.56 Å². The van der Waals surface area contributed by atoms with Gasteiger partial charge in [0.25, 0.3) is 11.2 Å². The maximum absolute atomic E-state index is 13.4. The number of nitrogens with zero attached hydrogens (tertiary/aromatic N) is 5. The van der Waals surface area contributed by atoms with Crippen molar-refractivity contribution >= 4 is 16.9 Å². The van der Waals surface area contributed by atoms with Gasteiger partial charge in [0, 0.05) is 25.2 Å². The lowest BCUT2D eigenvalue weighted by Crippen LogP contribution is -2.41. The van der Waals surface area contributed by atoms with E-state index in [1.165, 1.54) is 27.6 Å². The van der Waals surface area contributed by atoms with Crippen LogP contribution in [0.3, 0.4) is 0 Å². The highest BCUT2D eigenvalue weighted by atomic mass is 16.6. The van der Waals surface area contributed by atoms with Gasteiger partial charge in [0.05, 0.1) is 16.9 Å². The van der Waals surface area contributed by atoms with Gasteiger partial charge >= 0.3 is 5.69 Å². The van der Waals surface area contributed by atoms with E-state index in [9.17, 15) is 19.7 Å². The number of rotatable bonds is 7. The third-order valence-electron chi connectivity index (χ3n) is 5.74. The molecule has 34 heavy (non-hydrogen) atoms. The zero-order chi connectivity index (χ0) is 24.6. The molecule has 2 heterocycles. The molecule has 0 bridgehead atoms. The number of non-ortho nitro benzene ring substituents is 1. The molecule has 0 radical (unpaired) electrons. The lowest BCUT2D eigenvalue weighted by molar-refractivity contribution is -0.384. The fourth-order valence-electron chi connectivity index (χ4n) is 4.03. The fourth-order valence-corrected chi connectivity index (χ4v) is 4.03. The summed E-state index contributed by atoms with van der Waals surface area (Å²) in [5, 5.41) is 11.2. The van der Waals surface area contributed by atoms with E-state index in [1.807, 2.05) is 38.1 Å². The van der Waals surface area contributed by atoms with E-state index in [1.54, 1.807) is 16.7 Å². The predicted octanol–water partition coefficient (Wildman–Crippen LogP) is 4.08. The van der Waals surface area contributed by atoms with Crippen LogP contribution in [-0.4, -0.2) is 23.6 Å². The molecule has 0 saturated heterocycles. The molecule has 0 unspecified atom stereocenters. The van der Waals surface area contributed by atoms with Crippen molar-refractivity contribution in [3.05, 3.63) is 96.9 Å². The summed E-state index contributed by atoms with van der Waals surface area (Å²) in [4.78, 5) is 42.0. The van der Waals surface area contributed by atoms with E-state index in [-0.39, 0.29) is 35.9 Å². The third-order valence-corrected chi connectivity index (χ3v) is 5.74. The number of nitro groups is 1. The third kappa shape index (κ3) is 4.28. The number of hydrogen-bond acceptors (Lipinski definition) is 5. The molecular weight excluding hydrogens is 434 g/mol. The molecule has 0 N–H and O–H groups in total. The topological polar surface area (TPSA) is 105 Å². The monoisotopic (exact) mass is 461 g/mol. The Bertz CT molecular complexity index is 1480. The lowest BCUT2D eigenvalue weighted by Gasteiger charge is -2.15. The van der Waals surface area contributed by atoms with Crippen LogP contribution in [0, 0.1) is 16.0 Å². The molecule has 0 saturated carbocycles. The molecule has 0 atom stereocenters. The number of fused-ring (bicyclic) bond motifs is 1. The molecule has 9 heteroatoms. The number of benzene rings is 2. The molecule has 9 nitrogen and oxygen atoms in total. The van der Waals surface area contributed by atoms with Crippen LogP contribution < -0.4 is 11.2 Å². The lowest BCUT2D eigenvalue weighted by atomic mass is 10.0. The van der Waals surface area contributed by atoms with Crippen LogP contribution in [0.2, 0.25) is 0 Å². The summed E-state index contributed by atoms with van der Waals surface area (Å²) in [7, 11) is 0. The Hall–Kier alpha value is -4.01. The minimum absolute atomic E-state index is 0.0266. The van der Waals surface area contributed by atoms with Crippen LogP contribution in [-0.2, 0) is 13.1 Å². The van der Waals surface area contributed by atoms with Crippen molar-refractivity contribution in [2.75, 3.05) is 0 Å². The first-order valence-electron chi connectivity index (χ1n) is 11.2. The summed E-state index contributed by atoms with van der Waals surface area (Å²) in [6.07, 6.45) is 1.50. The highest BCUT2D eigenvalue weighted by molar-refractivity contribution is 5.72. The first-order valence-corrected chi connectivity index (χ1v) is 11.2. The number of aromatic nitrogens is 4. The average Bonchev–Trinajstić information content (AvgIpc) is 3.20. The minimum Gasteiger partial charge on any atom is -0.320 e. The van der Waals surface area contributed by atoms with Gasteiger partial charge in [-0.05, 0) is 35.1 Å². The minimum atomic E-state index is -0.455. The quantitative estimate of drug-likeness (QED) is 0.305. The molecule has 0 aliphatic heterocycles. The van der Waals surface area contributed by atoms with Gasteiger partial charge < -0.3 is 4.57 Å². The molecule has 2 aromatic heterocycles. The molecule has 4 rings (SSSR count). The van der Waals surface area contributed by atoms with Gasteiger partial charge in [-0.25, -0.2) is 14.3 Å². The molecular formula is C25H27N5O4. The van der Waals surface area contributed by atoms with Crippen molar-refractivity contribution in [3.8, 4) is 5.69 Å². The Labute approximate surface area is 196 Å². The summed E-state index contributed by atoms with van der Waals surface area (Å²) in [6, 6.07) is 13.9. The van der Waals surface area contributed by atoms with Crippen LogP contribution in [0.1, 0.15) is 44.7 Å². The van der Waals surface area contributed by atoms with Gasteiger partial charge in [0.2, 0.25) is 0 Å². The fraction of sp³-hybridized carbons (Fsp3) is 0.320. The summed E-state index contributed by atoms with van der Waals surface area (Å²) < 4.78 is 4.36. The Morgan fingerprint density at radius 3 is 2.35 bits per heavy atom. The van der Waals surface area contributed by atoms with Crippen LogP contribution in [0.5, 0.6) is 0 Å². The SMILES string of the molecule is CC(C)Cn1c(=O)c2c(ncn2Cc2cccc([N+](=O)[O-])c2)n(-c2ccc(C(C)C)cc2)c1=O. The van der Waals surface area contributed by atoms with Crippen LogP contribution in [0.4, 0.5) is 5.69 Å². The summed E-state index contributed by atoms with van der Waals surface area (Å²) in [6.45, 7) is 8.55.